The first-order chi connectivity index (χ1) is 6.27. The molecular weight excluding hydrogens is 170 g/mol. The third kappa shape index (κ3) is 1.47. The van der Waals surface area contributed by atoms with Crippen molar-refractivity contribution in [2.24, 2.45) is 5.92 Å². The van der Waals surface area contributed by atoms with Gasteiger partial charge in [0.15, 0.2) is 0 Å². The van der Waals surface area contributed by atoms with Crippen LogP contribution in [-0.2, 0) is 0 Å². The van der Waals surface area contributed by atoms with Gasteiger partial charge in [-0.1, -0.05) is 12.1 Å². The Hall–Kier alpha value is -1.59. The van der Waals surface area contributed by atoms with E-state index in [1.165, 1.54) is 0 Å². The molecule has 2 amide bonds. The van der Waals surface area contributed by atoms with Crippen molar-refractivity contribution >= 4 is 6.03 Å². The molecule has 2 rings (SSSR count). The van der Waals surface area contributed by atoms with Crippen LogP contribution in [0.25, 0.3) is 0 Å². The van der Waals surface area contributed by atoms with Crippen LogP contribution in [0.4, 0.5) is 4.79 Å². The van der Waals surface area contributed by atoms with Crippen LogP contribution in [-0.4, -0.2) is 27.6 Å². The van der Waals surface area contributed by atoms with Crippen LogP contribution in [0.5, 0.6) is 0 Å². The molecule has 1 fully saturated rings. The quantitative estimate of drug-likeness (QED) is 0.626. The fourth-order valence-electron chi connectivity index (χ4n) is 1.39. The van der Waals surface area contributed by atoms with E-state index in [1.54, 1.807) is 17.1 Å². The maximum Gasteiger partial charge on any atom is 0.316 e. The molecule has 1 aromatic rings. The molecule has 70 valence electrons. The Morgan fingerprint density at radius 1 is 1.69 bits per heavy atom. The molecule has 1 aliphatic rings. The highest BCUT2D eigenvalue weighted by Gasteiger charge is 2.26. The molecule has 0 spiro atoms. The molecule has 13 heavy (non-hydrogen) atoms. The molecule has 6 nitrogen and oxygen atoms in total. The molecule has 2 N–H and O–H groups in total. The minimum Gasteiger partial charge on any atom is -0.338 e. The van der Waals surface area contributed by atoms with E-state index in [9.17, 15) is 4.79 Å². The van der Waals surface area contributed by atoms with Crippen molar-refractivity contribution in [2.75, 3.05) is 6.54 Å². The molecule has 0 bridgehead atoms. The van der Waals surface area contributed by atoms with E-state index in [0.717, 1.165) is 0 Å². The van der Waals surface area contributed by atoms with Gasteiger partial charge in [0, 0.05) is 18.7 Å². The van der Waals surface area contributed by atoms with Crippen LogP contribution in [0.1, 0.15) is 13.1 Å². The molecule has 0 radical (unpaired) electrons. The lowest BCUT2D eigenvalue weighted by Crippen LogP contribution is -2.51. The summed E-state index contributed by atoms with van der Waals surface area (Å²) in [4.78, 5) is 11.0. The molecular formula is C7H11N5O. The summed E-state index contributed by atoms with van der Waals surface area (Å²) >= 11 is 0. The van der Waals surface area contributed by atoms with Gasteiger partial charge in [-0.3, -0.25) is 0 Å². The van der Waals surface area contributed by atoms with Crippen LogP contribution in [0.15, 0.2) is 12.4 Å². The van der Waals surface area contributed by atoms with E-state index in [4.69, 9.17) is 0 Å². The zero-order valence-electron chi connectivity index (χ0n) is 7.27. The van der Waals surface area contributed by atoms with Crippen molar-refractivity contribution in [1.82, 2.24) is 25.6 Å². The molecule has 1 aromatic heterocycles. The maximum absolute atomic E-state index is 11.0. The van der Waals surface area contributed by atoms with Gasteiger partial charge in [0.2, 0.25) is 0 Å². The zero-order chi connectivity index (χ0) is 9.26. The fraction of sp³-hybridized carbons (Fsp3) is 0.571. The lowest BCUT2D eigenvalue weighted by atomic mass is 10.1. The summed E-state index contributed by atoms with van der Waals surface area (Å²) in [5, 5.41) is 13.0. The van der Waals surface area contributed by atoms with Gasteiger partial charge in [-0.15, -0.1) is 5.10 Å². The topological polar surface area (TPSA) is 71.8 Å². The first kappa shape index (κ1) is 8.03. The van der Waals surface area contributed by atoms with Gasteiger partial charge in [-0.05, 0) is 0 Å². The number of hydrogen-bond donors (Lipinski definition) is 2. The number of nitrogens with one attached hydrogen (secondary N) is 2. The van der Waals surface area contributed by atoms with Crippen LogP contribution >= 0.6 is 0 Å². The number of nitrogens with zero attached hydrogens (tertiary/aromatic N) is 3. The van der Waals surface area contributed by atoms with Gasteiger partial charge in [-0.25, -0.2) is 9.48 Å². The first-order valence-electron chi connectivity index (χ1n) is 4.17. The zero-order valence-corrected chi connectivity index (χ0v) is 7.27. The van der Waals surface area contributed by atoms with Gasteiger partial charge in [0.05, 0.1) is 6.20 Å². The van der Waals surface area contributed by atoms with Gasteiger partial charge >= 0.3 is 6.03 Å². The number of aromatic nitrogens is 3. The molecule has 1 aliphatic heterocycles. The molecule has 0 aliphatic carbocycles. The minimum atomic E-state index is -0.154. The number of hydrogen-bond acceptors (Lipinski definition) is 3. The number of urea groups is 1. The predicted octanol–water partition coefficient (Wildman–Crippen LogP) is -0.274. The average molecular weight is 181 g/mol. The van der Waals surface area contributed by atoms with Crippen LogP contribution in [0.3, 0.4) is 0 Å². The van der Waals surface area contributed by atoms with E-state index < -0.39 is 0 Å². The smallest absolute Gasteiger partial charge is 0.316 e. The minimum absolute atomic E-state index is 0.0868. The van der Waals surface area contributed by atoms with Crippen molar-refractivity contribution in [2.45, 2.75) is 13.1 Å². The predicted molar refractivity (Wildman–Crippen MR) is 44.8 cm³/mol. The third-order valence-corrected chi connectivity index (χ3v) is 2.13. The normalized spacial score (nSPS) is 27.9. The standard InChI is InChI=1S/C7H11N5O/c1-5-4-8-7(13)10-6(5)12-3-2-9-11-12/h2-3,5-6H,4H2,1H3,(H2,8,10,13). The largest absolute Gasteiger partial charge is 0.338 e. The Labute approximate surface area is 75.3 Å². The summed E-state index contributed by atoms with van der Waals surface area (Å²) < 4.78 is 1.66. The van der Waals surface area contributed by atoms with Crippen LogP contribution in [0, 0.1) is 5.92 Å². The highest BCUT2D eigenvalue weighted by Crippen LogP contribution is 2.15. The summed E-state index contributed by atoms with van der Waals surface area (Å²) in [7, 11) is 0. The van der Waals surface area contributed by atoms with Crippen molar-refractivity contribution in [3.8, 4) is 0 Å². The van der Waals surface area contributed by atoms with Crippen molar-refractivity contribution in [3.05, 3.63) is 12.4 Å². The van der Waals surface area contributed by atoms with Crippen molar-refractivity contribution in [3.63, 3.8) is 0 Å². The number of carbonyl (C=O) groups excluding carboxylic acids is 1. The van der Waals surface area contributed by atoms with Gasteiger partial charge in [0.1, 0.15) is 6.17 Å². The fourth-order valence-corrected chi connectivity index (χ4v) is 1.39. The Kier molecular flexibility index (Phi) is 1.88. The molecule has 2 unspecified atom stereocenters. The lowest BCUT2D eigenvalue weighted by molar-refractivity contribution is 0.191. The van der Waals surface area contributed by atoms with E-state index >= 15 is 0 Å². The van der Waals surface area contributed by atoms with Crippen LogP contribution in [0.2, 0.25) is 0 Å². The van der Waals surface area contributed by atoms with Gasteiger partial charge in [-0.2, -0.15) is 0 Å². The van der Waals surface area contributed by atoms with E-state index in [-0.39, 0.29) is 12.2 Å². The molecule has 2 atom stereocenters. The molecule has 0 aromatic carbocycles. The maximum atomic E-state index is 11.0. The molecule has 2 heterocycles. The van der Waals surface area contributed by atoms with Crippen molar-refractivity contribution in [1.29, 1.82) is 0 Å². The number of amides is 2. The lowest BCUT2D eigenvalue weighted by Gasteiger charge is -2.29. The summed E-state index contributed by atoms with van der Waals surface area (Å²) in [6, 6.07) is -0.154. The number of rotatable bonds is 1. The Morgan fingerprint density at radius 2 is 2.54 bits per heavy atom. The Balaban J connectivity index is 2.17. The van der Waals surface area contributed by atoms with Gasteiger partial charge in [0.25, 0.3) is 0 Å². The second-order valence-electron chi connectivity index (χ2n) is 3.16. The molecule has 6 heteroatoms. The summed E-state index contributed by atoms with van der Waals surface area (Å²) in [5.41, 5.74) is 0. The summed E-state index contributed by atoms with van der Waals surface area (Å²) in [5.74, 6) is 0.305. The van der Waals surface area contributed by atoms with E-state index in [0.29, 0.717) is 12.5 Å². The SMILES string of the molecule is CC1CNC(=O)NC1n1ccnn1. The summed E-state index contributed by atoms with van der Waals surface area (Å²) in [6.45, 7) is 2.70. The van der Waals surface area contributed by atoms with Gasteiger partial charge < -0.3 is 10.6 Å². The van der Waals surface area contributed by atoms with E-state index in [1.807, 2.05) is 6.92 Å². The average Bonchev–Trinajstić information content (AvgIpc) is 2.61. The second-order valence-corrected chi connectivity index (χ2v) is 3.16. The molecule has 0 saturated carbocycles. The Morgan fingerprint density at radius 3 is 3.23 bits per heavy atom. The monoisotopic (exact) mass is 181 g/mol. The molecule has 1 saturated heterocycles. The number of carbonyl (C=O) groups is 1. The highest BCUT2D eigenvalue weighted by atomic mass is 16.2. The highest BCUT2D eigenvalue weighted by molar-refractivity contribution is 5.74. The summed E-state index contributed by atoms with van der Waals surface area (Å²) in [6.07, 6.45) is 3.25. The Bertz CT molecular complexity index is 296. The third-order valence-electron chi connectivity index (χ3n) is 2.13. The van der Waals surface area contributed by atoms with Crippen molar-refractivity contribution < 1.29 is 4.79 Å². The second kappa shape index (κ2) is 3.04. The van der Waals surface area contributed by atoms with Crippen LogP contribution < -0.4 is 10.6 Å². The van der Waals surface area contributed by atoms with E-state index in [2.05, 4.69) is 20.9 Å². The first-order valence-corrected chi connectivity index (χ1v) is 4.17.